The van der Waals surface area contributed by atoms with Gasteiger partial charge in [0.05, 0.1) is 0 Å². The van der Waals surface area contributed by atoms with Crippen LogP contribution in [0.25, 0.3) is 0 Å². The van der Waals surface area contributed by atoms with E-state index in [1.807, 2.05) is 0 Å². The van der Waals surface area contributed by atoms with E-state index < -0.39 is 23.2 Å². The van der Waals surface area contributed by atoms with Gasteiger partial charge in [-0.15, -0.1) is 0 Å². The molecule has 4 nitrogen and oxygen atoms in total. The molecule has 0 fully saturated rings. The molecule has 2 N–H and O–H groups in total. The summed E-state index contributed by atoms with van der Waals surface area (Å²) >= 11 is 0. The monoisotopic (exact) mass is 346 g/mol. The van der Waals surface area contributed by atoms with Gasteiger partial charge in [-0.25, -0.2) is 8.78 Å². The lowest BCUT2D eigenvalue weighted by atomic mass is 10.1. The van der Waals surface area contributed by atoms with Gasteiger partial charge < -0.3 is 10.6 Å². The molecular weight excluding hydrogens is 326 g/mol. The Morgan fingerprint density at radius 2 is 1.44 bits per heavy atom. The Kier molecular flexibility index (Phi) is 6.62. The number of hydrogen-bond donors (Lipinski definition) is 2. The van der Waals surface area contributed by atoms with Crippen LogP contribution in [0.15, 0.2) is 42.5 Å². The molecule has 0 bridgehead atoms. The lowest BCUT2D eigenvalue weighted by Gasteiger charge is -2.08. The summed E-state index contributed by atoms with van der Waals surface area (Å²) in [6, 6.07) is 9.22. The second kappa shape index (κ2) is 8.92. The zero-order valence-electron chi connectivity index (χ0n) is 13.9. The first kappa shape index (κ1) is 18.6. The third-order valence-corrected chi connectivity index (χ3v) is 3.68. The van der Waals surface area contributed by atoms with Crippen molar-refractivity contribution in [2.24, 2.45) is 0 Å². The molecule has 0 atom stereocenters. The number of unbranched alkanes of at least 4 members (excludes halogenated alkanes) is 2. The number of amides is 2. The molecule has 0 heterocycles. The number of rotatable bonds is 7. The number of halogens is 2. The number of anilines is 1. The fourth-order valence-electron chi connectivity index (χ4n) is 2.25. The Balaban J connectivity index is 1.99. The maximum atomic E-state index is 13.6. The molecule has 0 unspecified atom stereocenters. The van der Waals surface area contributed by atoms with Crippen LogP contribution in [-0.4, -0.2) is 18.4 Å². The molecule has 0 aromatic heterocycles. The van der Waals surface area contributed by atoms with E-state index >= 15 is 0 Å². The molecule has 132 valence electrons. The molecular formula is C19H20F2N2O2. The summed E-state index contributed by atoms with van der Waals surface area (Å²) in [7, 11) is 0. The first-order chi connectivity index (χ1) is 12.0. The molecule has 25 heavy (non-hydrogen) atoms. The number of carbonyl (C=O) groups is 2. The Morgan fingerprint density at radius 3 is 2.00 bits per heavy atom. The van der Waals surface area contributed by atoms with E-state index in [2.05, 4.69) is 17.6 Å². The van der Waals surface area contributed by atoms with Crippen molar-refractivity contribution in [3.63, 3.8) is 0 Å². The quantitative estimate of drug-likeness (QED) is 0.741. The molecule has 0 saturated heterocycles. The largest absolute Gasteiger partial charge is 0.352 e. The smallest absolute Gasteiger partial charge is 0.255 e. The van der Waals surface area contributed by atoms with Gasteiger partial charge in [0.25, 0.3) is 11.8 Å². The van der Waals surface area contributed by atoms with Gasteiger partial charge in [-0.1, -0.05) is 25.8 Å². The molecule has 0 aliphatic rings. The molecule has 2 rings (SSSR count). The highest BCUT2D eigenvalue weighted by Crippen LogP contribution is 2.19. The van der Waals surface area contributed by atoms with Crippen LogP contribution in [0.5, 0.6) is 0 Å². The summed E-state index contributed by atoms with van der Waals surface area (Å²) in [4.78, 5) is 24.1. The normalized spacial score (nSPS) is 10.4. The van der Waals surface area contributed by atoms with Crippen LogP contribution in [0, 0.1) is 11.6 Å². The molecule has 0 radical (unpaired) electrons. The summed E-state index contributed by atoms with van der Waals surface area (Å²) in [5.41, 5.74) is 0.126. The maximum absolute atomic E-state index is 13.6. The van der Waals surface area contributed by atoms with Crippen molar-refractivity contribution >= 4 is 17.5 Å². The maximum Gasteiger partial charge on any atom is 0.255 e. The lowest BCUT2D eigenvalue weighted by molar-refractivity contribution is 0.0951. The summed E-state index contributed by atoms with van der Waals surface area (Å²) < 4.78 is 27.1. The van der Waals surface area contributed by atoms with E-state index in [0.29, 0.717) is 12.1 Å². The fraction of sp³-hybridized carbons (Fsp3) is 0.263. The van der Waals surface area contributed by atoms with Crippen LogP contribution in [0.4, 0.5) is 14.5 Å². The Hall–Kier alpha value is -2.76. The lowest BCUT2D eigenvalue weighted by Crippen LogP contribution is -2.24. The van der Waals surface area contributed by atoms with Gasteiger partial charge in [0.1, 0.15) is 17.3 Å². The topological polar surface area (TPSA) is 58.2 Å². The predicted molar refractivity (Wildman–Crippen MR) is 92.6 cm³/mol. The van der Waals surface area contributed by atoms with Crippen LogP contribution >= 0.6 is 0 Å². The standard InChI is InChI=1S/C19H20F2N2O2/c1-2-3-4-12-22-18(24)13-8-10-14(11-9-13)19(25)23-17-15(20)6-5-7-16(17)21/h5-11H,2-4,12H2,1H3,(H,22,24)(H,23,25). The zero-order valence-corrected chi connectivity index (χ0v) is 13.9. The summed E-state index contributed by atoms with van der Waals surface area (Å²) in [5, 5.41) is 5.00. The highest BCUT2D eigenvalue weighted by Gasteiger charge is 2.14. The SMILES string of the molecule is CCCCCNC(=O)c1ccc(C(=O)Nc2c(F)cccc2F)cc1. The third kappa shape index (κ3) is 5.11. The van der Waals surface area contributed by atoms with Crippen molar-refractivity contribution < 1.29 is 18.4 Å². The molecule has 0 aliphatic heterocycles. The van der Waals surface area contributed by atoms with Crippen LogP contribution in [0.2, 0.25) is 0 Å². The van der Waals surface area contributed by atoms with Crippen LogP contribution in [0.1, 0.15) is 46.9 Å². The molecule has 2 amide bonds. The number of benzene rings is 2. The highest BCUT2D eigenvalue weighted by atomic mass is 19.1. The van der Waals surface area contributed by atoms with Gasteiger partial charge in [0, 0.05) is 17.7 Å². The number of para-hydroxylation sites is 1. The average Bonchev–Trinajstić information content (AvgIpc) is 2.62. The Bertz CT molecular complexity index is 725. The van der Waals surface area contributed by atoms with Gasteiger partial charge in [-0.3, -0.25) is 9.59 Å². The van der Waals surface area contributed by atoms with E-state index in [9.17, 15) is 18.4 Å². The molecule has 2 aromatic rings. The Labute approximate surface area is 145 Å². The van der Waals surface area contributed by atoms with Crippen molar-refractivity contribution in [3.05, 3.63) is 65.2 Å². The van der Waals surface area contributed by atoms with Crippen molar-refractivity contribution in [1.29, 1.82) is 0 Å². The average molecular weight is 346 g/mol. The summed E-state index contributed by atoms with van der Waals surface area (Å²) in [6.07, 6.45) is 3.03. The zero-order chi connectivity index (χ0) is 18.2. The van der Waals surface area contributed by atoms with E-state index in [0.717, 1.165) is 31.4 Å². The second-order valence-corrected chi connectivity index (χ2v) is 5.59. The molecule has 6 heteroatoms. The minimum atomic E-state index is -0.851. The van der Waals surface area contributed by atoms with Crippen molar-refractivity contribution in [2.45, 2.75) is 26.2 Å². The number of nitrogens with one attached hydrogen (secondary N) is 2. The van der Waals surface area contributed by atoms with Crippen molar-refractivity contribution in [1.82, 2.24) is 5.32 Å². The predicted octanol–water partition coefficient (Wildman–Crippen LogP) is 4.14. The van der Waals surface area contributed by atoms with E-state index in [1.165, 1.54) is 30.3 Å². The minimum Gasteiger partial charge on any atom is -0.352 e. The van der Waals surface area contributed by atoms with E-state index in [4.69, 9.17) is 0 Å². The minimum absolute atomic E-state index is 0.199. The van der Waals surface area contributed by atoms with E-state index in [1.54, 1.807) is 0 Å². The van der Waals surface area contributed by atoms with Crippen molar-refractivity contribution in [2.75, 3.05) is 11.9 Å². The summed E-state index contributed by atoms with van der Waals surface area (Å²) in [5.74, 6) is -2.57. The molecule has 2 aromatic carbocycles. The number of carbonyl (C=O) groups excluding carboxylic acids is 2. The van der Waals surface area contributed by atoms with Gasteiger partial charge in [-0.05, 0) is 42.8 Å². The Morgan fingerprint density at radius 1 is 0.880 bits per heavy atom. The van der Waals surface area contributed by atoms with Crippen LogP contribution in [-0.2, 0) is 0 Å². The second-order valence-electron chi connectivity index (χ2n) is 5.59. The molecule has 0 saturated carbocycles. The van der Waals surface area contributed by atoms with Gasteiger partial charge in [0.15, 0.2) is 0 Å². The van der Waals surface area contributed by atoms with Crippen LogP contribution in [0.3, 0.4) is 0 Å². The highest BCUT2D eigenvalue weighted by molar-refractivity contribution is 6.05. The van der Waals surface area contributed by atoms with Crippen LogP contribution < -0.4 is 10.6 Å². The first-order valence-corrected chi connectivity index (χ1v) is 8.16. The fourth-order valence-corrected chi connectivity index (χ4v) is 2.25. The van der Waals surface area contributed by atoms with Crippen molar-refractivity contribution in [3.8, 4) is 0 Å². The van der Waals surface area contributed by atoms with Gasteiger partial charge in [0.2, 0.25) is 0 Å². The van der Waals surface area contributed by atoms with E-state index in [-0.39, 0.29) is 11.5 Å². The number of hydrogen-bond acceptors (Lipinski definition) is 2. The first-order valence-electron chi connectivity index (χ1n) is 8.16. The van der Waals surface area contributed by atoms with Gasteiger partial charge >= 0.3 is 0 Å². The third-order valence-electron chi connectivity index (χ3n) is 3.68. The summed E-state index contributed by atoms with van der Waals surface area (Å²) in [6.45, 7) is 2.68. The van der Waals surface area contributed by atoms with Gasteiger partial charge in [-0.2, -0.15) is 0 Å². The molecule has 0 spiro atoms. The molecule has 0 aliphatic carbocycles.